The van der Waals surface area contributed by atoms with Crippen molar-refractivity contribution >= 4 is 17.2 Å². The first-order valence-corrected chi connectivity index (χ1v) is 12.7. The SMILES string of the molecule is CC(C)(O)C1CCC(Nc2cc(-c3cnc4cc(C#N)cnn34)ncc2C(=O)NC[C@@H](F)C(C)(C)O)CC1. The number of imidazole rings is 1. The van der Waals surface area contributed by atoms with Gasteiger partial charge in [-0.1, -0.05) is 0 Å². The van der Waals surface area contributed by atoms with E-state index in [1.54, 1.807) is 22.8 Å². The van der Waals surface area contributed by atoms with Crippen LogP contribution in [0.2, 0.25) is 0 Å². The number of nitrogens with one attached hydrogen (secondary N) is 2. The summed E-state index contributed by atoms with van der Waals surface area (Å²) in [5.74, 6) is -0.319. The number of aliphatic hydroxyl groups is 2. The second-order valence-corrected chi connectivity index (χ2v) is 11.1. The maximum absolute atomic E-state index is 14.3. The Kier molecular flexibility index (Phi) is 7.67. The number of nitriles is 1. The van der Waals surface area contributed by atoms with Crippen LogP contribution in [0.25, 0.3) is 17.0 Å². The number of carbonyl (C=O) groups excluding carboxylic acids is 1. The lowest BCUT2D eigenvalue weighted by atomic mass is 9.77. The summed E-state index contributed by atoms with van der Waals surface area (Å²) >= 11 is 0. The Labute approximate surface area is 220 Å². The molecule has 3 aromatic heterocycles. The highest BCUT2D eigenvalue weighted by atomic mass is 19.1. The summed E-state index contributed by atoms with van der Waals surface area (Å²) in [6, 6.07) is 5.47. The van der Waals surface area contributed by atoms with Crippen LogP contribution in [0.3, 0.4) is 0 Å². The minimum Gasteiger partial charge on any atom is -0.390 e. The third-order valence-electron chi connectivity index (χ3n) is 7.20. The fraction of sp³-hybridized carbons (Fsp3) is 0.519. The summed E-state index contributed by atoms with van der Waals surface area (Å²) in [6.07, 6.45) is 6.13. The monoisotopic (exact) mass is 523 g/mol. The number of nitrogens with zero attached hydrogens (tertiary/aromatic N) is 5. The van der Waals surface area contributed by atoms with Crippen molar-refractivity contribution in [2.24, 2.45) is 5.92 Å². The van der Waals surface area contributed by atoms with Crippen LogP contribution in [0.5, 0.6) is 0 Å². The summed E-state index contributed by atoms with van der Waals surface area (Å²) < 4.78 is 15.9. The van der Waals surface area contributed by atoms with Crippen LogP contribution in [0.4, 0.5) is 10.1 Å². The van der Waals surface area contributed by atoms with Crippen LogP contribution < -0.4 is 10.6 Å². The van der Waals surface area contributed by atoms with Crippen LogP contribution in [0.15, 0.2) is 30.7 Å². The average Bonchev–Trinajstić information content (AvgIpc) is 3.29. The van der Waals surface area contributed by atoms with Crippen molar-refractivity contribution in [1.29, 1.82) is 5.26 Å². The number of amides is 1. The molecular weight excluding hydrogens is 489 g/mol. The zero-order chi connectivity index (χ0) is 27.7. The Morgan fingerprint density at radius 3 is 2.50 bits per heavy atom. The van der Waals surface area contributed by atoms with Crippen molar-refractivity contribution in [3.8, 4) is 17.5 Å². The highest BCUT2D eigenvalue weighted by Gasteiger charge is 2.32. The van der Waals surface area contributed by atoms with E-state index in [4.69, 9.17) is 5.26 Å². The van der Waals surface area contributed by atoms with E-state index < -0.39 is 23.3 Å². The van der Waals surface area contributed by atoms with Crippen molar-refractivity contribution in [3.63, 3.8) is 0 Å². The zero-order valence-electron chi connectivity index (χ0n) is 22.1. The molecule has 1 atom stereocenters. The van der Waals surface area contributed by atoms with Gasteiger partial charge in [0.2, 0.25) is 0 Å². The quantitative estimate of drug-likeness (QED) is 0.352. The van der Waals surface area contributed by atoms with Crippen LogP contribution in [-0.2, 0) is 0 Å². The molecule has 3 heterocycles. The van der Waals surface area contributed by atoms with Gasteiger partial charge in [0.1, 0.15) is 17.9 Å². The van der Waals surface area contributed by atoms with Crippen LogP contribution in [0, 0.1) is 17.2 Å². The van der Waals surface area contributed by atoms with Gasteiger partial charge in [-0.3, -0.25) is 9.78 Å². The van der Waals surface area contributed by atoms with E-state index in [1.165, 1.54) is 26.2 Å². The molecule has 4 N–H and O–H groups in total. The predicted octanol–water partition coefficient (Wildman–Crippen LogP) is 3.24. The van der Waals surface area contributed by atoms with E-state index in [2.05, 4.69) is 25.7 Å². The molecule has 0 spiro atoms. The van der Waals surface area contributed by atoms with Gasteiger partial charge in [-0.25, -0.2) is 13.9 Å². The molecule has 11 heteroatoms. The van der Waals surface area contributed by atoms with Crippen molar-refractivity contribution < 1.29 is 19.4 Å². The second-order valence-electron chi connectivity index (χ2n) is 11.1. The van der Waals surface area contributed by atoms with Gasteiger partial charge in [-0.2, -0.15) is 10.4 Å². The topological polar surface area (TPSA) is 148 Å². The highest BCUT2D eigenvalue weighted by Crippen LogP contribution is 2.34. The molecule has 4 rings (SSSR count). The number of rotatable bonds is 8. The number of halogens is 1. The third-order valence-corrected chi connectivity index (χ3v) is 7.20. The first kappa shape index (κ1) is 27.4. The third kappa shape index (κ3) is 6.09. The lowest BCUT2D eigenvalue weighted by Gasteiger charge is -2.36. The number of pyridine rings is 1. The molecule has 1 fully saturated rings. The smallest absolute Gasteiger partial charge is 0.255 e. The van der Waals surface area contributed by atoms with Crippen molar-refractivity contribution in [1.82, 2.24) is 24.9 Å². The van der Waals surface area contributed by atoms with Crippen LogP contribution in [0.1, 0.15) is 69.3 Å². The number of alkyl halides is 1. The van der Waals surface area contributed by atoms with Crippen molar-refractivity contribution in [3.05, 3.63) is 41.9 Å². The van der Waals surface area contributed by atoms with Gasteiger partial charge in [-0.05, 0) is 65.4 Å². The van der Waals surface area contributed by atoms with E-state index in [9.17, 15) is 19.4 Å². The van der Waals surface area contributed by atoms with E-state index in [0.29, 0.717) is 28.3 Å². The fourth-order valence-electron chi connectivity index (χ4n) is 4.70. The van der Waals surface area contributed by atoms with Crippen LogP contribution in [-0.4, -0.2) is 65.7 Å². The molecule has 0 radical (unpaired) electrons. The molecule has 0 bridgehead atoms. The second kappa shape index (κ2) is 10.6. The minimum absolute atomic E-state index is 0.0687. The van der Waals surface area contributed by atoms with E-state index in [0.717, 1.165) is 25.7 Å². The van der Waals surface area contributed by atoms with E-state index in [1.807, 2.05) is 19.9 Å². The Morgan fingerprint density at radius 2 is 1.87 bits per heavy atom. The molecule has 0 aromatic carbocycles. The first-order chi connectivity index (χ1) is 17.9. The molecule has 10 nitrogen and oxygen atoms in total. The summed E-state index contributed by atoms with van der Waals surface area (Å²) in [5, 5.41) is 39.7. The maximum Gasteiger partial charge on any atom is 0.255 e. The number of hydrogen-bond donors (Lipinski definition) is 4. The molecule has 1 aliphatic carbocycles. The van der Waals surface area contributed by atoms with Gasteiger partial charge >= 0.3 is 0 Å². The largest absolute Gasteiger partial charge is 0.390 e. The molecule has 3 aromatic rings. The Balaban J connectivity index is 1.63. The molecule has 0 aliphatic heterocycles. The first-order valence-electron chi connectivity index (χ1n) is 12.7. The Hall–Kier alpha value is -3.62. The molecule has 1 saturated carbocycles. The lowest BCUT2D eigenvalue weighted by molar-refractivity contribution is -0.00183. The standard InChI is InChI=1S/C27H34FN7O3/c1-26(2,37)17-5-7-18(8-6-17)34-20-10-21(22-14-31-24-9-16(11-29)12-33-35(22)24)30-13-19(20)25(36)32-15-23(28)27(3,4)38/h9-10,12-14,17-18,23,37-38H,5-8,15H2,1-4H3,(H,30,34)(H,32,36)/t17?,18?,23-/m1/s1. The molecule has 0 saturated heterocycles. The zero-order valence-corrected chi connectivity index (χ0v) is 22.1. The lowest BCUT2D eigenvalue weighted by Crippen LogP contribution is -2.42. The summed E-state index contributed by atoms with van der Waals surface area (Å²) in [4.78, 5) is 21.9. The average molecular weight is 524 g/mol. The Morgan fingerprint density at radius 1 is 1.16 bits per heavy atom. The van der Waals surface area contributed by atoms with E-state index in [-0.39, 0.29) is 24.1 Å². The molecular formula is C27H34FN7O3. The summed E-state index contributed by atoms with van der Waals surface area (Å²) in [7, 11) is 0. The highest BCUT2D eigenvalue weighted by molar-refractivity contribution is 6.00. The number of carbonyl (C=O) groups is 1. The normalized spacial score (nSPS) is 19.1. The van der Waals surface area contributed by atoms with E-state index >= 15 is 0 Å². The summed E-state index contributed by atoms with van der Waals surface area (Å²) in [6.45, 7) is 6.01. The van der Waals surface area contributed by atoms with Gasteiger partial charge in [0.05, 0.1) is 52.6 Å². The minimum atomic E-state index is -1.64. The van der Waals surface area contributed by atoms with Gasteiger partial charge in [0.25, 0.3) is 5.91 Å². The van der Waals surface area contributed by atoms with Gasteiger partial charge < -0.3 is 20.8 Å². The molecule has 202 valence electrons. The van der Waals surface area contributed by atoms with Crippen LogP contribution >= 0.6 is 0 Å². The Bertz CT molecular complexity index is 1350. The van der Waals surface area contributed by atoms with Gasteiger partial charge in [-0.15, -0.1) is 0 Å². The summed E-state index contributed by atoms with van der Waals surface area (Å²) in [5.41, 5.74) is 0.409. The predicted molar refractivity (Wildman–Crippen MR) is 140 cm³/mol. The molecule has 0 unspecified atom stereocenters. The molecule has 1 aliphatic rings. The number of fused-ring (bicyclic) bond motifs is 1. The van der Waals surface area contributed by atoms with Gasteiger partial charge in [0.15, 0.2) is 5.65 Å². The molecule has 1 amide bonds. The number of anilines is 1. The fourth-order valence-corrected chi connectivity index (χ4v) is 4.70. The van der Waals surface area contributed by atoms with Crippen molar-refractivity contribution in [2.45, 2.75) is 76.8 Å². The van der Waals surface area contributed by atoms with Crippen molar-refractivity contribution in [2.75, 3.05) is 11.9 Å². The maximum atomic E-state index is 14.3. The number of hydrogen-bond acceptors (Lipinski definition) is 8. The van der Waals surface area contributed by atoms with Gasteiger partial charge in [0, 0.05) is 18.3 Å². The number of aromatic nitrogens is 4. The molecule has 38 heavy (non-hydrogen) atoms.